The summed E-state index contributed by atoms with van der Waals surface area (Å²) in [5.41, 5.74) is 21.2. The first-order valence-electron chi connectivity index (χ1n) is 24.2. The summed E-state index contributed by atoms with van der Waals surface area (Å²) in [5, 5.41) is 6.04. The number of hydrogen-bond donors (Lipinski definition) is 1. The number of anilines is 8. The van der Waals surface area contributed by atoms with Gasteiger partial charge in [-0.05, 0) is 129 Å². The second-order valence-corrected chi connectivity index (χ2v) is 18.0. The molecule has 5 heteroatoms. The molecule has 0 aliphatic carbocycles. The van der Waals surface area contributed by atoms with E-state index >= 15 is 0 Å². The first-order chi connectivity index (χ1) is 35.2. The average molecular weight is 907 g/mol. The van der Waals surface area contributed by atoms with E-state index in [2.05, 4.69) is 289 Å². The number of benzene rings is 11. The molecule has 0 saturated carbocycles. The van der Waals surface area contributed by atoms with Crippen molar-refractivity contribution >= 4 is 85.6 Å². The largest absolute Gasteiger partial charge is 0.454 e. The highest BCUT2D eigenvalue weighted by molar-refractivity contribution is 6.74. The van der Waals surface area contributed by atoms with Crippen LogP contribution < -0.4 is 26.0 Å². The van der Waals surface area contributed by atoms with Gasteiger partial charge in [0.25, 0.3) is 0 Å². The maximum atomic E-state index is 7.06. The van der Waals surface area contributed by atoms with Crippen LogP contribution in [0.1, 0.15) is 0 Å². The number of fused-ring (bicyclic) bond motifs is 6. The van der Waals surface area contributed by atoms with Gasteiger partial charge in [0.15, 0.2) is 12.9 Å². The summed E-state index contributed by atoms with van der Waals surface area (Å²) in [7, 11) is 2.38. The summed E-state index contributed by atoms with van der Waals surface area (Å²) in [6, 6.07) is 95.2. The van der Waals surface area contributed by atoms with Gasteiger partial charge in [-0.1, -0.05) is 187 Å². The zero-order valence-electron chi connectivity index (χ0n) is 38.8. The molecule has 11 aromatic carbocycles. The first kappa shape index (κ1) is 41.8. The first-order valence-corrected chi connectivity index (χ1v) is 24.2. The predicted molar refractivity (Wildman–Crippen MR) is 300 cm³/mol. The topological polar surface area (TPSA) is 31.6 Å². The molecule has 4 nitrogen and oxygen atoms in total. The molecule has 0 amide bonds. The SMILES string of the molecule is [B]1c2cc(-c3ccccc3)ccc2N(c2ccc(-c3ccccc3)cc2)c2c1c(-c1cc(N(c3ccccc3)c3ccccc3)ccc1Nc1ccc(-c3ccccc3)cc1)cc1c2oc2ccccc21. The number of rotatable bonds is 10. The minimum Gasteiger partial charge on any atom is -0.454 e. The van der Waals surface area contributed by atoms with Crippen LogP contribution >= 0.6 is 0 Å². The second kappa shape index (κ2) is 18.0. The number of hydrogen-bond acceptors (Lipinski definition) is 4. The molecule has 12 aromatic rings. The average Bonchev–Trinajstić information content (AvgIpc) is 3.83. The molecule has 0 bridgehead atoms. The van der Waals surface area contributed by atoms with Crippen molar-refractivity contribution < 1.29 is 4.42 Å². The summed E-state index contributed by atoms with van der Waals surface area (Å²) in [5.74, 6) is 0. The quantitative estimate of drug-likeness (QED) is 0.139. The molecular formula is C66H45BN3O. The Hall–Kier alpha value is -9.32. The van der Waals surface area contributed by atoms with Gasteiger partial charge in [0.1, 0.15) is 5.58 Å². The molecular weight excluding hydrogens is 862 g/mol. The molecule has 1 aliphatic heterocycles. The summed E-state index contributed by atoms with van der Waals surface area (Å²) in [4.78, 5) is 4.76. The number of nitrogens with zero attached hydrogens (tertiary/aromatic N) is 2. The fraction of sp³-hybridized carbons (Fsp3) is 0. The standard InChI is InChI=1S/C66H45BN3O/c1-6-18-45(19-7-1)48-30-35-51(36-31-48)68-61-40-39-55(69(52-24-12-4-13-25-52)53-26-14-5-15-27-53)43-57(61)58-44-59-56-28-16-17-29-63(56)71-66(59)65-64(58)67-60-42-50(47-22-10-3-11-23-47)34-41-62(60)70(65)54-37-32-49(33-38-54)46-20-8-2-9-21-46/h1-44,68H. The van der Waals surface area contributed by atoms with Crippen LogP contribution in [0.5, 0.6) is 0 Å². The number of furan rings is 1. The zero-order valence-corrected chi connectivity index (χ0v) is 38.8. The Kier molecular flexibility index (Phi) is 10.6. The van der Waals surface area contributed by atoms with E-state index in [1.165, 1.54) is 22.3 Å². The van der Waals surface area contributed by atoms with Crippen molar-refractivity contribution in [1.29, 1.82) is 0 Å². The third-order valence-electron chi connectivity index (χ3n) is 13.7. The lowest BCUT2D eigenvalue weighted by molar-refractivity contribution is 0.669. The third kappa shape index (κ3) is 7.80. The maximum Gasteiger partial charge on any atom is 0.198 e. The Morgan fingerprint density at radius 2 is 0.915 bits per heavy atom. The van der Waals surface area contributed by atoms with Gasteiger partial charge in [0.2, 0.25) is 0 Å². The zero-order chi connectivity index (χ0) is 47.1. The van der Waals surface area contributed by atoms with Crippen molar-refractivity contribution in [2.75, 3.05) is 15.1 Å². The summed E-state index contributed by atoms with van der Waals surface area (Å²) >= 11 is 0. The molecule has 0 saturated heterocycles. The predicted octanol–water partition coefficient (Wildman–Crippen LogP) is 16.9. The van der Waals surface area contributed by atoms with Crippen LogP contribution in [0.3, 0.4) is 0 Å². The van der Waals surface area contributed by atoms with Gasteiger partial charge >= 0.3 is 0 Å². The van der Waals surface area contributed by atoms with Gasteiger partial charge < -0.3 is 19.5 Å². The van der Waals surface area contributed by atoms with E-state index in [4.69, 9.17) is 4.42 Å². The Labute approximate surface area is 414 Å². The molecule has 0 unspecified atom stereocenters. The lowest BCUT2D eigenvalue weighted by Gasteiger charge is -2.35. The minimum atomic E-state index is 0.837. The van der Waals surface area contributed by atoms with Crippen LogP contribution in [0.25, 0.3) is 66.4 Å². The highest BCUT2D eigenvalue weighted by atomic mass is 16.3. The summed E-state index contributed by atoms with van der Waals surface area (Å²) in [6.45, 7) is 0. The normalized spacial score (nSPS) is 11.7. The van der Waals surface area contributed by atoms with E-state index in [9.17, 15) is 0 Å². The summed E-state index contributed by atoms with van der Waals surface area (Å²) < 4.78 is 7.06. The molecule has 71 heavy (non-hydrogen) atoms. The van der Waals surface area contributed by atoms with Gasteiger partial charge in [-0.15, -0.1) is 0 Å². The molecule has 2 heterocycles. The Morgan fingerprint density at radius 3 is 1.54 bits per heavy atom. The van der Waals surface area contributed by atoms with Gasteiger partial charge in [-0.3, -0.25) is 0 Å². The van der Waals surface area contributed by atoms with Gasteiger partial charge in [-0.25, -0.2) is 0 Å². The summed E-state index contributed by atoms with van der Waals surface area (Å²) in [6.07, 6.45) is 0. The van der Waals surface area contributed by atoms with E-state index in [0.717, 1.165) is 101 Å². The second-order valence-electron chi connectivity index (χ2n) is 18.0. The Bertz CT molecular complexity index is 3800. The molecule has 1 aromatic heterocycles. The van der Waals surface area contributed by atoms with Crippen LogP contribution in [0.15, 0.2) is 271 Å². The van der Waals surface area contributed by atoms with Crippen molar-refractivity contribution in [3.05, 3.63) is 267 Å². The maximum absolute atomic E-state index is 7.06. The van der Waals surface area contributed by atoms with Crippen molar-refractivity contribution in [1.82, 2.24) is 0 Å². The Balaban J connectivity index is 1.07. The molecule has 1 N–H and O–H groups in total. The van der Waals surface area contributed by atoms with E-state index < -0.39 is 0 Å². The lowest BCUT2D eigenvalue weighted by atomic mass is 9.57. The van der Waals surface area contributed by atoms with E-state index in [-0.39, 0.29) is 0 Å². The smallest absolute Gasteiger partial charge is 0.198 e. The van der Waals surface area contributed by atoms with Crippen LogP contribution in [0.2, 0.25) is 0 Å². The highest BCUT2D eigenvalue weighted by Gasteiger charge is 2.33. The fourth-order valence-electron chi connectivity index (χ4n) is 10.2. The Morgan fingerprint density at radius 1 is 0.394 bits per heavy atom. The van der Waals surface area contributed by atoms with Gasteiger partial charge in [0, 0.05) is 56.1 Å². The van der Waals surface area contributed by atoms with Crippen LogP contribution in [0, 0.1) is 0 Å². The van der Waals surface area contributed by atoms with E-state index in [1.807, 2.05) is 0 Å². The molecule has 1 aliphatic rings. The molecule has 1 radical (unpaired) electrons. The third-order valence-corrected chi connectivity index (χ3v) is 13.7. The van der Waals surface area contributed by atoms with E-state index in [0.29, 0.717) is 0 Å². The van der Waals surface area contributed by atoms with Crippen molar-refractivity contribution in [3.8, 4) is 44.5 Å². The molecule has 0 atom stereocenters. The van der Waals surface area contributed by atoms with Gasteiger partial charge in [-0.2, -0.15) is 0 Å². The van der Waals surface area contributed by atoms with Crippen LogP contribution in [-0.2, 0) is 0 Å². The lowest BCUT2D eigenvalue weighted by Crippen LogP contribution is -2.41. The highest BCUT2D eigenvalue weighted by Crippen LogP contribution is 2.48. The van der Waals surface area contributed by atoms with Crippen molar-refractivity contribution in [2.45, 2.75) is 0 Å². The molecule has 13 rings (SSSR count). The molecule has 0 fully saturated rings. The van der Waals surface area contributed by atoms with Crippen molar-refractivity contribution in [2.24, 2.45) is 0 Å². The minimum absolute atomic E-state index is 0.837. The van der Waals surface area contributed by atoms with Crippen LogP contribution in [-0.4, -0.2) is 7.28 Å². The number of nitrogens with one attached hydrogen (secondary N) is 1. The molecule has 0 spiro atoms. The fourth-order valence-corrected chi connectivity index (χ4v) is 10.2. The molecule has 333 valence electrons. The van der Waals surface area contributed by atoms with Crippen LogP contribution in [0.4, 0.5) is 45.5 Å². The van der Waals surface area contributed by atoms with E-state index in [1.54, 1.807) is 0 Å². The monoisotopic (exact) mass is 906 g/mol. The van der Waals surface area contributed by atoms with Gasteiger partial charge in [0.05, 0.1) is 5.69 Å². The number of para-hydroxylation sites is 3. The van der Waals surface area contributed by atoms with Crippen molar-refractivity contribution in [3.63, 3.8) is 0 Å².